The van der Waals surface area contributed by atoms with Crippen molar-refractivity contribution in [2.75, 3.05) is 11.4 Å². The van der Waals surface area contributed by atoms with E-state index in [1.165, 1.54) is 4.90 Å². The molecule has 0 saturated carbocycles. The Labute approximate surface area is 107 Å². The quantitative estimate of drug-likeness (QED) is 0.799. The van der Waals surface area contributed by atoms with Crippen molar-refractivity contribution in [3.63, 3.8) is 0 Å². The molecule has 0 aliphatic carbocycles. The van der Waals surface area contributed by atoms with Crippen molar-refractivity contribution in [1.82, 2.24) is 14.7 Å². The Bertz CT molecular complexity index is 691. The highest BCUT2D eigenvalue weighted by molar-refractivity contribution is 6.07. The Kier molecular flexibility index (Phi) is 2.52. The van der Waals surface area contributed by atoms with Crippen molar-refractivity contribution in [2.45, 2.75) is 6.42 Å². The Morgan fingerprint density at radius 2 is 2.16 bits per heavy atom. The van der Waals surface area contributed by atoms with Gasteiger partial charge < -0.3 is 0 Å². The number of imidazole rings is 1. The SMILES string of the molecule is O=Cc1nc(N2CCC(=O)NC2=O)c2ccccn12. The molecule has 1 fully saturated rings. The lowest BCUT2D eigenvalue weighted by atomic mass is 10.3. The van der Waals surface area contributed by atoms with Crippen LogP contribution >= 0.6 is 0 Å². The van der Waals surface area contributed by atoms with E-state index in [0.717, 1.165) is 0 Å². The van der Waals surface area contributed by atoms with Crippen LogP contribution in [-0.2, 0) is 4.79 Å². The van der Waals surface area contributed by atoms with E-state index in [-0.39, 0.29) is 24.7 Å². The molecule has 3 rings (SSSR count). The highest BCUT2D eigenvalue weighted by Crippen LogP contribution is 2.23. The predicted octanol–water partition coefficient (Wildman–Crippen LogP) is 0.593. The molecular formula is C12H10N4O3. The zero-order valence-electron chi connectivity index (χ0n) is 9.87. The molecule has 96 valence electrons. The van der Waals surface area contributed by atoms with Crippen LogP contribution in [0.5, 0.6) is 0 Å². The molecule has 7 nitrogen and oxygen atoms in total. The van der Waals surface area contributed by atoms with Crippen molar-refractivity contribution < 1.29 is 14.4 Å². The Balaban J connectivity index is 2.12. The molecule has 2 aromatic heterocycles. The molecule has 1 aliphatic rings. The number of aromatic nitrogens is 2. The number of imide groups is 1. The molecule has 7 heteroatoms. The Morgan fingerprint density at radius 1 is 1.32 bits per heavy atom. The minimum Gasteiger partial charge on any atom is -0.295 e. The number of anilines is 1. The van der Waals surface area contributed by atoms with E-state index in [0.29, 0.717) is 17.6 Å². The average Bonchev–Trinajstić information content (AvgIpc) is 2.78. The summed E-state index contributed by atoms with van der Waals surface area (Å²) >= 11 is 0. The first-order valence-corrected chi connectivity index (χ1v) is 5.74. The number of carbonyl (C=O) groups excluding carboxylic acids is 3. The first-order valence-electron chi connectivity index (χ1n) is 5.74. The summed E-state index contributed by atoms with van der Waals surface area (Å²) in [6.07, 6.45) is 2.54. The third-order valence-corrected chi connectivity index (χ3v) is 2.97. The van der Waals surface area contributed by atoms with Crippen LogP contribution < -0.4 is 10.2 Å². The molecule has 1 aliphatic heterocycles. The predicted molar refractivity (Wildman–Crippen MR) is 66.1 cm³/mol. The van der Waals surface area contributed by atoms with Gasteiger partial charge in [-0.2, -0.15) is 0 Å². The van der Waals surface area contributed by atoms with Gasteiger partial charge in [-0.25, -0.2) is 9.78 Å². The summed E-state index contributed by atoms with van der Waals surface area (Å²) in [5, 5.41) is 2.23. The molecule has 0 bridgehead atoms. The van der Waals surface area contributed by atoms with E-state index >= 15 is 0 Å². The third-order valence-electron chi connectivity index (χ3n) is 2.97. The van der Waals surface area contributed by atoms with Gasteiger partial charge in [0, 0.05) is 19.2 Å². The number of carbonyl (C=O) groups is 3. The van der Waals surface area contributed by atoms with Gasteiger partial charge in [0.15, 0.2) is 17.9 Å². The Hall–Kier alpha value is -2.70. The van der Waals surface area contributed by atoms with Crippen LogP contribution in [0, 0.1) is 0 Å². The molecule has 1 N–H and O–H groups in total. The van der Waals surface area contributed by atoms with Crippen LogP contribution in [0.3, 0.4) is 0 Å². The molecule has 2 aromatic rings. The lowest BCUT2D eigenvalue weighted by Crippen LogP contribution is -2.49. The van der Waals surface area contributed by atoms with Crippen molar-refractivity contribution in [2.24, 2.45) is 0 Å². The molecular weight excluding hydrogens is 248 g/mol. The molecule has 0 spiro atoms. The van der Waals surface area contributed by atoms with Gasteiger partial charge in [-0.3, -0.25) is 24.2 Å². The lowest BCUT2D eigenvalue weighted by molar-refractivity contribution is -0.120. The minimum atomic E-state index is -0.516. The number of amides is 3. The maximum atomic E-state index is 11.8. The van der Waals surface area contributed by atoms with Gasteiger partial charge in [0.05, 0.1) is 5.52 Å². The topological polar surface area (TPSA) is 83.8 Å². The standard InChI is InChI=1S/C12H10N4O3/c17-7-9-13-11(8-3-1-2-5-15(8)9)16-6-4-10(18)14-12(16)19/h1-3,5,7H,4,6H2,(H,14,18,19). The van der Waals surface area contributed by atoms with Crippen molar-refractivity contribution in [3.05, 3.63) is 30.2 Å². The van der Waals surface area contributed by atoms with E-state index < -0.39 is 6.03 Å². The van der Waals surface area contributed by atoms with Crippen molar-refractivity contribution >= 4 is 29.6 Å². The number of nitrogens with one attached hydrogen (secondary N) is 1. The highest BCUT2D eigenvalue weighted by Gasteiger charge is 2.27. The summed E-state index contributed by atoms with van der Waals surface area (Å²) in [6, 6.07) is 4.81. The third kappa shape index (κ3) is 1.75. The van der Waals surface area contributed by atoms with Gasteiger partial charge in [0.1, 0.15) is 0 Å². The van der Waals surface area contributed by atoms with Gasteiger partial charge in [0.2, 0.25) is 5.91 Å². The zero-order chi connectivity index (χ0) is 13.4. The monoisotopic (exact) mass is 258 g/mol. The summed E-state index contributed by atoms with van der Waals surface area (Å²) < 4.78 is 1.60. The van der Waals surface area contributed by atoms with Crippen LogP contribution in [0.2, 0.25) is 0 Å². The second-order valence-electron chi connectivity index (χ2n) is 4.12. The molecule has 0 unspecified atom stereocenters. The summed E-state index contributed by atoms with van der Waals surface area (Å²) in [7, 11) is 0. The molecule has 0 aromatic carbocycles. The number of rotatable bonds is 2. The first-order chi connectivity index (χ1) is 9.20. The number of nitrogens with zero attached hydrogens (tertiary/aromatic N) is 3. The smallest absolute Gasteiger partial charge is 0.295 e. The second kappa shape index (κ2) is 4.20. The minimum absolute atomic E-state index is 0.216. The largest absolute Gasteiger partial charge is 0.329 e. The van der Waals surface area contributed by atoms with E-state index in [2.05, 4.69) is 10.3 Å². The maximum absolute atomic E-state index is 11.8. The maximum Gasteiger partial charge on any atom is 0.329 e. The van der Waals surface area contributed by atoms with E-state index in [4.69, 9.17) is 0 Å². The van der Waals surface area contributed by atoms with Crippen LogP contribution in [-0.4, -0.2) is 34.2 Å². The highest BCUT2D eigenvalue weighted by atomic mass is 16.2. The summed E-state index contributed by atoms with van der Waals surface area (Å²) in [5.41, 5.74) is 0.647. The molecule has 19 heavy (non-hydrogen) atoms. The summed E-state index contributed by atoms with van der Waals surface area (Å²) in [5.74, 6) is 0.295. The van der Waals surface area contributed by atoms with Gasteiger partial charge >= 0.3 is 6.03 Å². The summed E-state index contributed by atoms with van der Waals surface area (Å²) in [4.78, 5) is 39.5. The number of urea groups is 1. The molecule has 0 atom stereocenters. The molecule has 3 heterocycles. The fraction of sp³-hybridized carbons (Fsp3) is 0.167. The van der Waals surface area contributed by atoms with Gasteiger partial charge in [0.25, 0.3) is 0 Å². The zero-order valence-corrected chi connectivity index (χ0v) is 9.87. The number of pyridine rings is 1. The van der Waals surface area contributed by atoms with Crippen LogP contribution in [0.15, 0.2) is 24.4 Å². The number of hydrogen-bond acceptors (Lipinski definition) is 4. The number of hydrogen-bond donors (Lipinski definition) is 1. The van der Waals surface area contributed by atoms with Crippen LogP contribution in [0.4, 0.5) is 10.6 Å². The van der Waals surface area contributed by atoms with Crippen LogP contribution in [0.25, 0.3) is 5.52 Å². The number of fused-ring (bicyclic) bond motifs is 1. The van der Waals surface area contributed by atoms with E-state index in [1.54, 1.807) is 28.8 Å². The second-order valence-corrected chi connectivity index (χ2v) is 4.12. The lowest BCUT2D eigenvalue weighted by Gasteiger charge is -2.24. The molecule has 1 saturated heterocycles. The van der Waals surface area contributed by atoms with E-state index in [1.807, 2.05) is 0 Å². The van der Waals surface area contributed by atoms with Gasteiger partial charge in [-0.05, 0) is 12.1 Å². The average molecular weight is 258 g/mol. The first kappa shape index (κ1) is 11.4. The number of aldehydes is 1. The molecule has 3 amide bonds. The fourth-order valence-corrected chi connectivity index (χ4v) is 2.09. The fourth-order valence-electron chi connectivity index (χ4n) is 2.09. The molecule has 0 radical (unpaired) electrons. The van der Waals surface area contributed by atoms with Crippen molar-refractivity contribution in [3.8, 4) is 0 Å². The van der Waals surface area contributed by atoms with Crippen molar-refractivity contribution in [1.29, 1.82) is 0 Å². The van der Waals surface area contributed by atoms with Crippen LogP contribution in [0.1, 0.15) is 17.0 Å². The van der Waals surface area contributed by atoms with Gasteiger partial charge in [-0.1, -0.05) is 6.07 Å². The Morgan fingerprint density at radius 3 is 2.89 bits per heavy atom. The van der Waals surface area contributed by atoms with E-state index in [9.17, 15) is 14.4 Å². The normalized spacial score (nSPS) is 15.7. The summed E-state index contributed by atoms with van der Waals surface area (Å²) in [6.45, 7) is 0.254. The van der Waals surface area contributed by atoms with Gasteiger partial charge in [-0.15, -0.1) is 0 Å².